The molecule has 2 bridgehead atoms. The van der Waals surface area contributed by atoms with Crippen molar-refractivity contribution >= 4 is 23.5 Å². The Bertz CT molecular complexity index is 709. The Morgan fingerprint density at radius 2 is 1.76 bits per heavy atom. The number of hydrogen-bond donors (Lipinski definition) is 2. The maximum Gasteiger partial charge on any atom is 0.338 e. The number of allylic oxidation sites excluding steroid dienone is 2. The maximum atomic E-state index is 12.6. The fourth-order valence-corrected chi connectivity index (χ4v) is 3.71. The molecular weight excluding hydrogens is 322 g/mol. The van der Waals surface area contributed by atoms with E-state index in [4.69, 9.17) is 4.74 Å². The number of rotatable bonds is 6. The standard InChI is InChI=1S/C19H21NO5/c1-2-9-25-19(24)11-5-7-14(8-6-11)20-17(21)15-12-3-4-13(10-12)16(15)18(22)23/h3-8,12-13,15-16H,2,9-10H2,1H3,(H,20,21)(H,22,23)/t12-,13+,15-,16+/m1/s1. The molecule has 6 heteroatoms. The van der Waals surface area contributed by atoms with Crippen molar-refractivity contribution in [2.45, 2.75) is 19.8 Å². The Morgan fingerprint density at radius 1 is 1.12 bits per heavy atom. The molecule has 132 valence electrons. The van der Waals surface area contributed by atoms with Crippen LogP contribution in [0, 0.1) is 23.7 Å². The summed E-state index contributed by atoms with van der Waals surface area (Å²) in [7, 11) is 0. The van der Waals surface area contributed by atoms with Crippen molar-refractivity contribution in [2.24, 2.45) is 23.7 Å². The molecule has 1 aromatic rings. The van der Waals surface area contributed by atoms with E-state index >= 15 is 0 Å². The average molecular weight is 343 g/mol. The van der Waals surface area contributed by atoms with Crippen LogP contribution in [0.5, 0.6) is 0 Å². The van der Waals surface area contributed by atoms with Gasteiger partial charge < -0.3 is 15.2 Å². The summed E-state index contributed by atoms with van der Waals surface area (Å²) in [5.41, 5.74) is 0.950. The number of carboxylic acid groups (broad SMARTS) is 1. The van der Waals surface area contributed by atoms with Crippen LogP contribution in [0.2, 0.25) is 0 Å². The molecule has 0 aromatic heterocycles. The van der Waals surface area contributed by atoms with Gasteiger partial charge >= 0.3 is 11.9 Å². The van der Waals surface area contributed by atoms with Gasteiger partial charge in [0.25, 0.3) is 0 Å². The number of amides is 1. The van der Waals surface area contributed by atoms with Crippen molar-refractivity contribution in [3.05, 3.63) is 42.0 Å². The lowest BCUT2D eigenvalue weighted by Crippen LogP contribution is -2.36. The van der Waals surface area contributed by atoms with Gasteiger partial charge in [-0.3, -0.25) is 9.59 Å². The predicted octanol–water partition coefficient (Wildman–Crippen LogP) is 2.71. The zero-order chi connectivity index (χ0) is 18.0. The molecule has 0 aliphatic heterocycles. The van der Waals surface area contributed by atoms with Crippen LogP contribution in [0.3, 0.4) is 0 Å². The summed E-state index contributed by atoms with van der Waals surface area (Å²) in [4.78, 5) is 35.8. The first-order valence-electron chi connectivity index (χ1n) is 8.50. The number of carbonyl (C=O) groups excluding carboxylic acids is 2. The summed E-state index contributed by atoms with van der Waals surface area (Å²) >= 11 is 0. The van der Waals surface area contributed by atoms with Crippen molar-refractivity contribution in [2.75, 3.05) is 11.9 Å². The lowest BCUT2D eigenvalue weighted by Gasteiger charge is -2.23. The number of carboxylic acids is 1. The molecule has 2 N–H and O–H groups in total. The minimum atomic E-state index is -0.925. The molecule has 0 heterocycles. The third-order valence-corrected chi connectivity index (χ3v) is 4.87. The van der Waals surface area contributed by atoms with Crippen LogP contribution in [0.25, 0.3) is 0 Å². The molecule has 2 aliphatic rings. The van der Waals surface area contributed by atoms with E-state index in [0.717, 1.165) is 12.8 Å². The van der Waals surface area contributed by atoms with Crippen LogP contribution in [0.15, 0.2) is 36.4 Å². The quantitative estimate of drug-likeness (QED) is 0.612. The SMILES string of the molecule is CCCOC(=O)c1ccc(NC(=O)[C@H]2[C@@H](C(=O)O)[C@H]3C=C[C@@H]2C3)cc1. The molecule has 1 aromatic carbocycles. The van der Waals surface area contributed by atoms with Crippen molar-refractivity contribution in [3.63, 3.8) is 0 Å². The second kappa shape index (κ2) is 7.09. The molecule has 0 spiro atoms. The first kappa shape index (κ1) is 17.2. The zero-order valence-corrected chi connectivity index (χ0v) is 14.0. The third kappa shape index (κ3) is 3.43. The van der Waals surface area contributed by atoms with E-state index in [1.807, 2.05) is 19.1 Å². The van der Waals surface area contributed by atoms with Gasteiger partial charge in [-0.1, -0.05) is 19.1 Å². The molecule has 1 saturated carbocycles. The summed E-state index contributed by atoms with van der Waals surface area (Å²) in [5.74, 6) is -2.91. The highest BCUT2D eigenvalue weighted by Crippen LogP contribution is 2.48. The van der Waals surface area contributed by atoms with Gasteiger partial charge in [0.2, 0.25) is 5.91 Å². The first-order valence-corrected chi connectivity index (χ1v) is 8.50. The zero-order valence-electron chi connectivity index (χ0n) is 14.0. The van der Waals surface area contributed by atoms with Crippen LogP contribution in [0.4, 0.5) is 5.69 Å². The highest BCUT2D eigenvalue weighted by atomic mass is 16.5. The van der Waals surface area contributed by atoms with Crippen LogP contribution in [0.1, 0.15) is 30.1 Å². The topological polar surface area (TPSA) is 92.7 Å². The van der Waals surface area contributed by atoms with Crippen molar-refractivity contribution < 1.29 is 24.2 Å². The van der Waals surface area contributed by atoms with Gasteiger partial charge in [-0.05, 0) is 48.9 Å². The van der Waals surface area contributed by atoms with Gasteiger partial charge in [0, 0.05) is 5.69 Å². The van der Waals surface area contributed by atoms with E-state index in [9.17, 15) is 19.5 Å². The Hall–Kier alpha value is -2.63. The molecular formula is C19H21NO5. The number of carbonyl (C=O) groups is 3. The van der Waals surface area contributed by atoms with Crippen molar-refractivity contribution in [1.82, 2.24) is 0 Å². The summed E-state index contributed by atoms with van der Waals surface area (Å²) in [6.07, 6.45) is 5.32. The number of hydrogen-bond acceptors (Lipinski definition) is 4. The smallest absolute Gasteiger partial charge is 0.338 e. The van der Waals surface area contributed by atoms with E-state index in [0.29, 0.717) is 17.9 Å². The monoisotopic (exact) mass is 343 g/mol. The number of fused-ring (bicyclic) bond motifs is 2. The summed E-state index contributed by atoms with van der Waals surface area (Å²) < 4.78 is 5.05. The second-order valence-corrected chi connectivity index (χ2v) is 6.54. The molecule has 4 atom stereocenters. The number of nitrogens with one attached hydrogen (secondary N) is 1. The maximum absolute atomic E-state index is 12.6. The largest absolute Gasteiger partial charge is 0.481 e. The molecule has 6 nitrogen and oxygen atoms in total. The predicted molar refractivity (Wildman–Crippen MR) is 91.0 cm³/mol. The number of benzene rings is 1. The van der Waals surface area contributed by atoms with Crippen LogP contribution in [-0.2, 0) is 14.3 Å². The molecule has 3 rings (SSSR count). The lowest BCUT2D eigenvalue weighted by molar-refractivity contribution is -0.146. The molecule has 0 saturated heterocycles. The van der Waals surface area contributed by atoms with E-state index in [1.165, 1.54) is 0 Å². The van der Waals surface area contributed by atoms with Gasteiger partial charge in [-0.15, -0.1) is 0 Å². The lowest BCUT2D eigenvalue weighted by atomic mass is 9.82. The molecule has 1 amide bonds. The first-order chi connectivity index (χ1) is 12.0. The number of anilines is 1. The van der Waals surface area contributed by atoms with Gasteiger partial charge in [0.1, 0.15) is 0 Å². The van der Waals surface area contributed by atoms with E-state index in [-0.39, 0.29) is 17.7 Å². The van der Waals surface area contributed by atoms with Crippen LogP contribution in [-0.4, -0.2) is 29.6 Å². The normalized spacial score (nSPS) is 26.4. The third-order valence-electron chi connectivity index (χ3n) is 4.87. The van der Waals surface area contributed by atoms with Crippen LogP contribution >= 0.6 is 0 Å². The van der Waals surface area contributed by atoms with E-state index in [2.05, 4.69) is 5.32 Å². The van der Waals surface area contributed by atoms with E-state index < -0.39 is 23.8 Å². The Labute approximate surface area is 145 Å². The highest BCUT2D eigenvalue weighted by molar-refractivity contribution is 5.97. The summed E-state index contributed by atoms with van der Waals surface area (Å²) in [6, 6.07) is 6.42. The average Bonchev–Trinajstić information content (AvgIpc) is 3.21. The van der Waals surface area contributed by atoms with E-state index in [1.54, 1.807) is 24.3 Å². The molecule has 0 radical (unpaired) electrons. The molecule has 0 unspecified atom stereocenters. The summed E-state index contributed by atoms with van der Waals surface area (Å²) in [5, 5.41) is 12.2. The number of esters is 1. The second-order valence-electron chi connectivity index (χ2n) is 6.54. The van der Waals surface area contributed by atoms with Crippen LogP contribution < -0.4 is 5.32 Å². The molecule has 1 fully saturated rings. The Balaban J connectivity index is 1.66. The summed E-state index contributed by atoms with van der Waals surface area (Å²) in [6.45, 7) is 2.28. The Morgan fingerprint density at radius 3 is 2.36 bits per heavy atom. The van der Waals surface area contributed by atoms with Crippen molar-refractivity contribution in [1.29, 1.82) is 0 Å². The minimum Gasteiger partial charge on any atom is -0.481 e. The van der Waals surface area contributed by atoms with Gasteiger partial charge in [0.15, 0.2) is 0 Å². The number of aliphatic carboxylic acids is 1. The minimum absolute atomic E-state index is 0.0191. The van der Waals surface area contributed by atoms with Gasteiger partial charge in [-0.2, -0.15) is 0 Å². The molecule has 2 aliphatic carbocycles. The Kier molecular flexibility index (Phi) is 4.88. The van der Waals surface area contributed by atoms with Gasteiger partial charge in [-0.25, -0.2) is 4.79 Å². The fourth-order valence-electron chi connectivity index (χ4n) is 3.71. The fraction of sp³-hybridized carbons (Fsp3) is 0.421. The highest BCUT2D eigenvalue weighted by Gasteiger charge is 2.51. The molecule has 25 heavy (non-hydrogen) atoms. The van der Waals surface area contributed by atoms with Crippen molar-refractivity contribution in [3.8, 4) is 0 Å². The number of ether oxygens (including phenoxy) is 1. The van der Waals surface area contributed by atoms with Gasteiger partial charge in [0.05, 0.1) is 24.0 Å².